The van der Waals surface area contributed by atoms with Gasteiger partial charge in [-0.05, 0) is 55.4 Å². The minimum absolute atomic E-state index is 0.268. The lowest BCUT2D eigenvalue weighted by molar-refractivity contribution is -0.0436. The maximum absolute atomic E-state index is 12.5. The number of aliphatic hydroxyl groups is 1. The number of alkyl halides is 3. The quantitative estimate of drug-likeness (QED) is 0.892. The van der Waals surface area contributed by atoms with Gasteiger partial charge >= 0.3 is 5.51 Å². The third-order valence-electron chi connectivity index (χ3n) is 4.84. The van der Waals surface area contributed by atoms with Crippen LogP contribution in [0.2, 0.25) is 0 Å². The van der Waals surface area contributed by atoms with E-state index in [2.05, 4.69) is 4.90 Å². The molecule has 1 aliphatic carbocycles. The van der Waals surface area contributed by atoms with Crippen LogP contribution in [-0.4, -0.2) is 38.2 Å². The normalized spacial score (nSPS) is 28.7. The van der Waals surface area contributed by atoms with Gasteiger partial charge in [0.2, 0.25) is 0 Å². The molecule has 1 saturated carbocycles. The van der Waals surface area contributed by atoms with E-state index in [4.69, 9.17) is 0 Å². The number of rotatable bonds is 2. The van der Waals surface area contributed by atoms with E-state index in [-0.39, 0.29) is 6.10 Å². The molecule has 4 nitrogen and oxygen atoms in total. The van der Waals surface area contributed by atoms with Crippen LogP contribution in [0.25, 0.3) is 0 Å². The molecule has 0 aromatic heterocycles. The lowest BCUT2D eigenvalue weighted by Crippen LogP contribution is -2.26. The van der Waals surface area contributed by atoms with Crippen molar-refractivity contribution >= 4 is 15.5 Å². The molecule has 1 aliphatic heterocycles. The molecule has 2 aliphatic rings. The van der Waals surface area contributed by atoms with Gasteiger partial charge in [-0.15, -0.1) is 0 Å². The van der Waals surface area contributed by atoms with Gasteiger partial charge in [0.25, 0.3) is 9.84 Å². The highest BCUT2D eigenvalue weighted by Crippen LogP contribution is 2.38. The Bertz CT molecular complexity index is 672. The summed E-state index contributed by atoms with van der Waals surface area (Å²) < 4.78 is 60.3. The lowest BCUT2D eigenvalue weighted by atomic mass is 9.80. The highest BCUT2D eigenvalue weighted by atomic mass is 32.2. The molecule has 1 heterocycles. The number of sulfone groups is 1. The van der Waals surface area contributed by atoms with E-state index in [0.29, 0.717) is 11.8 Å². The topological polar surface area (TPSA) is 57.6 Å². The van der Waals surface area contributed by atoms with Gasteiger partial charge in [0, 0.05) is 18.8 Å². The first kappa shape index (κ1) is 16.6. The van der Waals surface area contributed by atoms with Gasteiger partial charge in [-0.2, -0.15) is 13.2 Å². The SMILES string of the molecule is O=S(=O)(c1ccc(N2C[C@H]3CC[C@@H](O)C[C@H]3C2)cc1)C(F)(F)F. The van der Waals surface area contributed by atoms with Crippen LogP contribution < -0.4 is 4.90 Å². The van der Waals surface area contributed by atoms with E-state index in [9.17, 15) is 26.7 Å². The summed E-state index contributed by atoms with van der Waals surface area (Å²) in [4.78, 5) is 1.32. The first-order valence-corrected chi connectivity index (χ1v) is 9.01. The number of hydrogen-bond donors (Lipinski definition) is 1. The molecule has 8 heteroatoms. The van der Waals surface area contributed by atoms with Crippen LogP contribution in [0.4, 0.5) is 18.9 Å². The monoisotopic (exact) mass is 349 g/mol. The van der Waals surface area contributed by atoms with Crippen LogP contribution in [0, 0.1) is 11.8 Å². The van der Waals surface area contributed by atoms with Crippen LogP contribution >= 0.6 is 0 Å². The number of anilines is 1. The van der Waals surface area contributed by atoms with Gasteiger partial charge in [-0.1, -0.05) is 0 Å². The predicted molar refractivity (Wildman–Crippen MR) is 78.7 cm³/mol. The van der Waals surface area contributed by atoms with Crippen LogP contribution in [0.3, 0.4) is 0 Å². The van der Waals surface area contributed by atoms with Gasteiger partial charge < -0.3 is 10.0 Å². The number of hydrogen-bond acceptors (Lipinski definition) is 4. The van der Waals surface area contributed by atoms with Crippen molar-refractivity contribution in [2.45, 2.75) is 35.8 Å². The Morgan fingerprint density at radius 3 is 2.26 bits per heavy atom. The van der Waals surface area contributed by atoms with Crippen molar-refractivity contribution in [1.82, 2.24) is 0 Å². The highest BCUT2D eigenvalue weighted by molar-refractivity contribution is 7.92. The minimum Gasteiger partial charge on any atom is -0.393 e. The second kappa shape index (κ2) is 5.66. The predicted octanol–water partition coefficient (Wildman–Crippen LogP) is 2.58. The Hall–Kier alpha value is -1.28. The Labute approximate surface area is 132 Å². The van der Waals surface area contributed by atoms with Crippen molar-refractivity contribution in [3.05, 3.63) is 24.3 Å². The standard InChI is InChI=1S/C15H18F3NO3S/c16-15(17,18)23(21,22)14-5-2-12(3-6-14)19-8-10-1-4-13(20)7-11(10)9-19/h2-3,5-6,10-11,13,20H,1,4,7-9H2/t10-,11+,13-/m1/s1. The molecule has 2 fully saturated rings. The molecule has 0 spiro atoms. The second-order valence-electron chi connectivity index (χ2n) is 6.34. The molecular weight excluding hydrogens is 331 g/mol. The Kier molecular flexibility index (Phi) is 4.08. The van der Waals surface area contributed by atoms with Crippen molar-refractivity contribution in [3.63, 3.8) is 0 Å². The van der Waals surface area contributed by atoms with Gasteiger partial charge in [0.05, 0.1) is 11.0 Å². The summed E-state index contributed by atoms with van der Waals surface area (Å²) in [5.41, 5.74) is -4.57. The van der Waals surface area contributed by atoms with Gasteiger partial charge in [0.15, 0.2) is 0 Å². The van der Waals surface area contributed by atoms with Crippen molar-refractivity contribution in [2.24, 2.45) is 11.8 Å². The summed E-state index contributed by atoms with van der Waals surface area (Å²) in [7, 11) is -5.30. The van der Waals surface area contributed by atoms with Crippen LogP contribution in [0.5, 0.6) is 0 Å². The molecule has 1 saturated heterocycles. The van der Waals surface area contributed by atoms with E-state index < -0.39 is 20.2 Å². The number of aliphatic hydroxyl groups excluding tert-OH is 1. The molecule has 1 aromatic carbocycles. The summed E-state index contributed by atoms with van der Waals surface area (Å²) in [6, 6.07) is 4.86. The Morgan fingerprint density at radius 2 is 1.65 bits per heavy atom. The molecule has 0 bridgehead atoms. The first-order valence-electron chi connectivity index (χ1n) is 7.53. The zero-order chi connectivity index (χ0) is 16.8. The average molecular weight is 349 g/mol. The smallest absolute Gasteiger partial charge is 0.393 e. The maximum Gasteiger partial charge on any atom is 0.501 e. The van der Waals surface area contributed by atoms with Crippen molar-refractivity contribution in [2.75, 3.05) is 18.0 Å². The van der Waals surface area contributed by atoms with E-state index >= 15 is 0 Å². The molecule has 3 atom stereocenters. The Morgan fingerprint density at radius 1 is 1.04 bits per heavy atom. The summed E-state index contributed by atoms with van der Waals surface area (Å²) in [5.74, 6) is 0.870. The molecule has 128 valence electrons. The first-order chi connectivity index (χ1) is 10.7. The average Bonchev–Trinajstić information content (AvgIpc) is 2.89. The third kappa shape index (κ3) is 3.06. The number of fused-ring (bicyclic) bond motifs is 1. The molecule has 0 amide bonds. The second-order valence-corrected chi connectivity index (χ2v) is 8.28. The van der Waals surface area contributed by atoms with E-state index in [1.54, 1.807) is 0 Å². The van der Waals surface area contributed by atoms with E-state index in [1.807, 2.05) is 0 Å². The van der Waals surface area contributed by atoms with Gasteiger partial charge in [-0.3, -0.25) is 0 Å². The van der Waals surface area contributed by atoms with Crippen LogP contribution in [0.1, 0.15) is 19.3 Å². The van der Waals surface area contributed by atoms with Gasteiger partial charge in [0.1, 0.15) is 0 Å². The fourth-order valence-electron chi connectivity index (χ4n) is 3.59. The summed E-state index contributed by atoms with van der Waals surface area (Å²) in [6.07, 6.45) is 2.22. The number of nitrogens with zero attached hydrogens (tertiary/aromatic N) is 1. The number of benzene rings is 1. The van der Waals surface area contributed by atoms with Gasteiger partial charge in [-0.25, -0.2) is 8.42 Å². The van der Waals surface area contributed by atoms with E-state index in [0.717, 1.165) is 50.2 Å². The minimum atomic E-state index is -5.30. The van der Waals surface area contributed by atoms with E-state index in [1.165, 1.54) is 12.1 Å². The summed E-state index contributed by atoms with van der Waals surface area (Å²) >= 11 is 0. The molecular formula is C15H18F3NO3S. The molecule has 0 unspecified atom stereocenters. The third-order valence-corrected chi connectivity index (χ3v) is 6.34. The lowest BCUT2D eigenvalue weighted by Gasteiger charge is -2.27. The molecule has 0 radical (unpaired) electrons. The fraction of sp³-hybridized carbons (Fsp3) is 0.600. The zero-order valence-corrected chi connectivity index (χ0v) is 13.1. The van der Waals surface area contributed by atoms with Crippen molar-refractivity contribution in [3.8, 4) is 0 Å². The van der Waals surface area contributed by atoms with Crippen LogP contribution in [-0.2, 0) is 9.84 Å². The molecule has 3 rings (SSSR count). The molecule has 23 heavy (non-hydrogen) atoms. The van der Waals surface area contributed by atoms with Crippen molar-refractivity contribution < 1.29 is 26.7 Å². The van der Waals surface area contributed by atoms with Crippen LogP contribution in [0.15, 0.2) is 29.2 Å². The molecule has 1 aromatic rings. The fourth-order valence-corrected chi connectivity index (χ4v) is 4.35. The highest BCUT2D eigenvalue weighted by Gasteiger charge is 2.47. The summed E-state index contributed by atoms with van der Waals surface area (Å²) in [6.45, 7) is 1.54. The van der Waals surface area contributed by atoms with Crippen molar-refractivity contribution in [1.29, 1.82) is 0 Å². The number of halogens is 3. The Balaban J connectivity index is 1.76. The molecule has 1 N–H and O–H groups in total. The summed E-state index contributed by atoms with van der Waals surface area (Å²) in [5, 5.41) is 9.72. The maximum atomic E-state index is 12.5. The largest absolute Gasteiger partial charge is 0.501 e. The zero-order valence-electron chi connectivity index (χ0n) is 12.3.